The summed E-state index contributed by atoms with van der Waals surface area (Å²) in [5.41, 5.74) is 5.05. The molecule has 0 spiro atoms. The maximum absolute atomic E-state index is 15.0. The Morgan fingerprint density at radius 1 is 0.917 bits per heavy atom. The van der Waals surface area contributed by atoms with Gasteiger partial charge < -0.3 is 4.74 Å². The fourth-order valence-corrected chi connectivity index (χ4v) is 3.37. The van der Waals surface area contributed by atoms with E-state index in [1.165, 1.54) is 35.4 Å². The highest BCUT2D eigenvalue weighted by Gasteiger charge is 2.17. The van der Waals surface area contributed by atoms with E-state index in [1.54, 1.807) is 0 Å². The third-order valence-electron chi connectivity index (χ3n) is 5.63. The highest BCUT2D eigenvalue weighted by Crippen LogP contribution is 2.32. The van der Waals surface area contributed by atoms with Gasteiger partial charge in [-0.2, -0.15) is 4.39 Å². The molecule has 186 valence electrons. The normalized spacial score (nSPS) is 13.8. The molecule has 0 aliphatic heterocycles. The van der Waals surface area contributed by atoms with Crippen molar-refractivity contribution in [1.29, 1.82) is 0 Å². The van der Waals surface area contributed by atoms with Gasteiger partial charge in [0, 0.05) is 11.1 Å². The van der Waals surface area contributed by atoms with Gasteiger partial charge in [0.25, 0.3) is 0 Å². The van der Waals surface area contributed by atoms with Crippen LogP contribution in [0.25, 0.3) is 6.08 Å². The monoisotopic (exact) mass is 488 g/mol. The average Bonchev–Trinajstić information content (AvgIpc) is 2.87. The lowest BCUT2D eigenvalue weighted by atomic mass is 9.87. The molecule has 1 aliphatic rings. The molecule has 0 heterocycles. The zero-order chi connectivity index (χ0) is 27.0. The number of halogens is 3. The summed E-state index contributed by atoms with van der Waals surface area (Å²) in [7, 11) is 0. The molecule has 36 heavy (non-hydrogen) atoms. The van der Waals surface area contributed by atoms with E-state index in [-0.39, 0.29) is 17.8 Å². The van der Waals surface area contributed by atoms with Gasteiger partial charge in [-0.15, -0.1) is 0 Å². The summed E-state index contributed by atoms with van der Waals surface area (Å²) in [5.74, 6) is -3.52. The lowest BCUT2D eigenvalue weighted by molar-refractivity contribution is 0.241. The quantitative estimate of drug-likeness (QED) is 0.162. The van der Waals surface area contributed by atoms with Crippen molar-refractivity contribution < 1.29 is 17.9 Å². The van der Waals surface area contributed by atoms with Crippen LogP contribution in [-0.4, -0.2) is 6.61 Å². The van der Waals surface area contributed by atoms with Crippen LogP contribution in [0.15, 0.2) is 145 Å². The number of hydrogen-bond donors (Lipinski definition) is 0. The lowest BCUT2D eigenvalue weighted by Gasteiger charge is -2.18. The Balaban J connectivity index is 2.07. The molecule has 1 nitrogen and oxygen atoms in total. The number of benzene rings is 1. The zero-order valence-electron chi connectivity index (χ0n) is 20.7. The molecule has 1 aromatic carbocycles. The molecular formula is C32H31F3O. The van der Waals surface area contributed by atoms with E-state index in [1.807, 2.05) is 25.1 Å². The Hall–Kier alpha value is -4.05. The molecule has 0 radical (unpaired) electrons. The molecular weight excluding hydrogens is 457 g/mol. The predicted molar refractivity (Wildman–Crippen MR) is 146 cm³/mol. The van der Waals surface area contributed by atoms with Crippen LogP contribution < -0.4 is 0 Å². The Labute approximate surface area is 212 Å². The molecule has 2 rings (SSSR count). The average molecular weight is 489 g/mol. The number of rotatable bonds is 12. The smallest absolute Gasteiger partial charge is 0.200 e. The minimum Gasteiger partial charge on any atom is -0.487 e. The van der Waals surface area contributed by atoms with Crippen molar-refractivity contribution in [3.05, 3.63) is 162 Å². The molecule has 0 saturated carbocycles. The van der Waals surface area contributed by atoms with Crippen molar-refractivity contribution in [2.75, 3.05) is 6.61 Å². The Morgan fingerprint density at radius 3 is 2.25 bits per heavy atom. The summed E-state index contributed by atoms with van der Waals surface area (Å²) in [6, 6.07) is 6.19. The van der Waals surface area contributed by atoms with Crippen molar-refractivity contribution in [2.24, 2.45) is 0 Å². The third kappa shape index (κ3) is 7.22. The number of ether oxygens (including phenoxy) is 1. The second-order valence-corrected chi connectivity index (χ2v) is 8.38. The zero-order valence-corrected chi connectivity index (χ0v) is 20.7. The number of hydrogen-bond acceptors (Lipinski definition) is 1. The second-order valence-electron chi connectivity index (χ2n) is 8.38. The van der Waals surface area contributed by atoms with E-state index < -0.39 is 23.2 Å². The molecule has 0 atom stereocenters. The molecule has 0 saturated heterocycles. The van der Waals surface area contributed by atoms with Crippen LogP contribution in [-0.2, 0) is 11.2 Å². The van der Waals surface area contributed by atoms with Crippen molar-refractivity contribution in [2.45, 2.75) is 19.8 Å². The standard InChI is InChI=1S/C32H31F3O/c1-9-16-36-26(8)32(35)31(34)24(6)22(4)12-11-21(3)23(5)18-30(33)25(7)27-14-15-28-17-20(2)10-13-29(28)19-27/h9-13,17-19H,1,3-8,14-16H2,2H3/b12-11-,30-18+,32-31-. The summed E-state index contributed by atoms with van der Waals surface area (Å²) >= 11 is 0. The molecule has 0 N–H and O–H groups in total. The highest BCUT2D eigenvalue weighted by atomic mass is 19.2. The first-order valence-corrected chi connectivity index (χ1v) is 11.3. The minimum atomic E-state index is -1.28. The van der Waals surface area contributed by atoms with Gasteiger partial charge in [0.2, 0.25) is 5.83 Å². The molecule has 0 unspecified atom stereocenters. The number of allylic oxidation sites excluding steroid dienone is 12. The van der Waals surface area contributed by atoms with Crippen molar-refractivity contribution in [1.82, 2.24) is 0 Å². The van der Waals surface area contributed by atoms with Crippen molar-refractivity contribution in [3.63, 3.8) is 0 Å². The van der Waals surface area contributed by atoms with E-state index >= 15 is 0 Å². The van der Waals surface area contributed by atoms with Crippen LogP contribution in [0.3, 0.4) is 0 Å². The summed E-state index contributed by atoms with van der Waals surface area (Å²) in [6.45, 7) is 27.6. The fourth-order valence-electron chi connectivity index (χ4n) is 3.37. The first kappa shape index (κ1) is 28.2. The molecule has 0 bridgehead atoms. The van der Waals surface area contributed by atoms with Gasteiger partial charge in [0.15, 0.2) is 11.6 Å². The largest absolute Gasteiger partial charge is 0.487 e. The van der Waals surface area contributed by atoms with E-state index in [0.29, 0.717) is 23.1 Å². The van der Waals surface area contributed by atoms with Gasteiger partial charge in [0.1, 0.15) is 12.4 Å². The first-order valence-electron chi connectivity index (χ1n) is 11.3. The Bertz CT molecular complexity index is 1280. The van der Waals surface area contributed by atoms with Gasteiger partial charge in [-0.3, -0.25) is 0 Å². The van der Waals surface area contributed by atoms with Crippen LogP contribution in [0.4, 0.5) is 13.2 Å². The second kappa shape index (κ2) is 12.6. The fraction of sp³-hybridized carbons (Fsp3) is 0.125. The van der Waals surface area contributed by atoms with Crippen molar-refractivity contribution >= 4 is 6.08 Å². The van der Waals surface area contributed by atoms with Crippen LogP contribution in [0.2, 0.25) is 0 Å². The summed E-state index contributed by atoms with van der Waals surface area (Å²) < 4.78 is 48.4. The lowest BCUT2D eigenvalue weighted by Crippen LogP contribution is -2.02. The van der Waals surface area contributed by atoms with Crippen LogP contribution in [0.1, 0.15) is 23.1 Å². The van der Waals surface area contributed by atoms with Crippen LogP contribution >= 0.6 is 0 Å². The van der Waals surface area contributed by atoms with Gasteiger partial charge in [-0.1, -0.05) is 94.1 Å². The Morgan fingerprint density at radius 2 is 1.58 bits per heavy atom. The maximum atomic E-state index is 15.0. The summed E-state index contributed by atoms with van der Waals surface area (Å²) in [6.07, 6.45) is 8.94. The summed E-state index contributed by atoms with van der Waals surface area (Å²) in [5, 5.41) is 0. The third-order valence-corrected chi connectivity index (χ3v) is 5.63. The van der Waals surface area contributed by atoms with Gasteiger partial charge in [0.05, 0.1) is 0 Å². The predicted octanol–water partition coefficient (Wildman–Crippen LogP) is 9.38. The number of fused-ring (bicyclic) bond motifs is 1. The van der Waals surface area contributed by atoms with E-state index in [2.05, 4.69) is 52.1 Å². The highest BCUT2D eigenvalue weighted by molar-refractivity contribution is 5.67. The molecule has 4 heteroatoms. The van der Waals surface area contributed by atoms with E-state index in [0.717, 1.165) is 17.6 Å². The van der Waals surface area contributed by atoms with Gasteiger partial charge in [-0.05, 0) is 59.3 Å². The summed E-state index contributed by atoms with van der Waals surface area (Å²) in [4.78, 5) is 0. The molecule has 0 fully saturated rings. The molecule has 0 amide bonds. The topological polar surface area (TPSA) is 9.23 Å². The Kier molecular flexibility index (Phi) is 9.86. The first-order chi connectivity index (χ1) is 17.0. The SMILES string of the molecule is C=CCOC(=C)/C(F)=C(/F)C(=C)C(=C)/C=C\C(=C)C(=C)/C=C(/F)C(=C)C1=Cc2ccc(C)cc2CC1. The van der Waals surface area contributed by atoms with Crippen LogP contribution in [0.5, 0.6) is 0 Å². The van der Waals surface area contributed by atoms with E-state index in [4.69, 9.17) is 4.74 Å². The maximum Gasteiger partial charge on any atom is 0.200 e. The van der Waals surface area contributed by atoms with Crippen molar-refractivity contribution in [3.8, 4) is 0 Å². The van der Waals surface area contributed by atoms with Gasteiger partial charge >= 0.3 is 0 Å². The molecule has 1 aromatic rings. The van der Waals surface area contributed by atoms with Gasteiger partial charge in [-0.25, -0.2) is 8.78 Å². The molecule has 1 aliphatic carbocycles. The minimum absolute atomic E-state index is 0.0183. The van der Waals surface area contributed by atoms with E-state index in [9.17, 15) is 13.2 Å². The molecule has 0 aromatic heterocycles. The number of aryl methyl sites for hydroxylation is 2. The van der Waals surface area contributed by atoms with Crippen LogP contribution in [0, 0.1) is 6.92 Å².